The van der Waals surface area contributed by atoms with Crippen molar-refractivity contribution in [1.82, 2.24) is 10.5 Å². The van der Waals surface area contributed by atoms with Gasteiger partial charge in [-0.25, -0.2) is 10.5 Å². The summed E-state index contributed by atoms with van der Waals surface area (Å²) in [4.78, 5) is 4.89. The van der Waals surface area contributed by atoms with Crippen LogP contribution >= 0.6 is 0 Å². The topological polar surface area (TPSA) is 24.5 Å². The molecule has 0 spiro atoms. The predicted molar refractivity (Wildman–Crippen MR) is 31.1 cm³/mol. The second-order valence-corrected chi connectivity index (χ2v) is 1.73. The van der Waals surface area contributed by atoms with Gasteiger partial charge in [-0.3, -0.25) is 0 Å². The lowest BCUT2D eigenvalue weighted by Crippen LogP contribution is -2.14. The van der Waals surface area contributed by atoms with Crippen molar-refractivity contribution in [3.05, 3.63) is 36.3 Å². The SMILES string of the molecule is [C]1=CC2=CNON2C=C1. The summed E-state index contributed by atoms with van der Waals surface area (Å²) in [6.07, 6.45) is 10.1. The molecule has 2 heterocycles. The molecule has 0 saturated heterocycles. The first-order valence-electron chi connectivity index (χ1n) is 2.65. The van der Waals surface area contributed by atoms with E-state index >= 15 is 0 Å². The zero-order chi connectivity index (χ0) is 6.10. The van der Waals surface area contributed by atoms with Gasteiger partial charge in [0.25, 0.3) is 0 Å². The molecule has 1 radical (unpaired) electrons. The van der Waals surface area contributed by atoms with Gasteiger partial charge in [-0.2, -0.15) is 4.94 Å². The van der Waals surface area contributed by atoms with Gasteiger partial charge >= 0.3 is 0 Å². The van der Waals surface area contributed by atoms with Crippen molar-refractivity contribution in [3.8, 4) is 0 Å². The molecule has 1 N–H and O–H groups in total. The molecule has 3 nitrogen and oxygen atoms in total. The van der Waals surface area contributed by atoms with Crippen LogP contribution in [0.15, 0.2) is 30.2 Å². The molecule has 9 heavy (non-hydrogen) atoms. The number of nitrogens with zero attached hydrogens (tertiary/aromatic N) is 1. The third kappa shape index (κ3) is 0.622. The summed E-state index contributed by atoms with van der Waals surface area (Å²) < 4.78 is 0. The maximum Gasteiger partial charge on any atom is 0.0900 e. The van der Waals surface area contributed by atoms with Crippen LogP contribution in [0.1, 0.15) is 0 Å². The van der Waals surface area contributed by atoms with Gasteiger partial charge in [-0.15, -0.1) is 0 Å². The third-order valence-electron chi connectivity index (χ3n) is 1.15. The number of allylic oxidation sites excluding steroid dienone is 3. The van der Waals surface area contributed by atoms with E-state index in [4.69, 9.17) is 4.94 Å². The van der Waals surface area contributed by atoms with E-state index in [1.54, 1.807) is 23.5 Å². The fourth-order valence-electron chi connectivity index (χ4n) is 0.726. The van der Waals surface area contributed by atoms with Crippen molar-refractivity contribution in [2.45, 2.75) is 0 Å². The number of hydrogen-bond donors (Lipinski definition) is 1. The van der Waals surface area contributed by atoms with Crippen LogP contribution in [0.4, 0.5) is 0 Å². The summed E-state index contributed by atoms with van der Waals surface area (Å²) in [5.41, 5.74) is 3.58. The van der Waals surface area contributed by atoms with Gasteiger partial charge in [-0.1, -0.05) is 0 Å². The van der Waals surface area contributed by atoms with Crippen molar-refractivity contribution in [3.63, 3.8) is 0 Å². The zero-order valence-electron chi connectivity index (χ0n) is 4.66. The van der Waals surface area contributed by atoms with Crippen molar-refractivity contribution >= 4 is 0 Å². The molecule has 0 aliphatic carbocycles. The molecular formula is C6H5N2O. The second-order valence-electron chi connectivity index (χ2n) is 1.73. The Hall–Kier alpha value is -1.22. The van der Waals surface area contributed by atoms with Gasteiger partial charge in [0, 0.05) is 6.20 Å². The number of rotatable bonds is 0. The monoisotopic (exact) mass is 121 g/mol. The maximum absolute atomic E-state index is 4.89. The molecule has 2 aliphatic heterocycles. The first kappa shape index (κ1) is 4.64. The highest BCUT2D eigenvalue weighted by molar-refractivity contribution is 5.23. The molecule has 0 saturated carbocycles. The second kappa shape index (κ2) is 1.63. The maximum atomic E-state index is 4.89. The van der Waals surface area contributed by atoms with Gasteiger partial charge in [-0.05, 0) is 18.2 Å². The molecule has 0 fully saturated rings. The minimum absolute atomic E-state index is 0.970. The average molecular weight is 121 g/mol. The summed E-state index contributed by atoms with van der Waals surface area (Å²) in [6.45, 7) is 0. The number of fused-ring (bicyclic) bond motifs is 1. The summed E-state index contributed by atoms with van der Waals surface area (Å²) in [5, 5.41) is 1.62. The lowest BCUT2D eigenvalue weighted by Gasteiger charge is -2.12. The zero-order valence-corrected chi connectivity index (χ0v) is 4.66. The van der Waals surface area contributed by atoms with Crippen LogP contribution in [0.5, 0.6) is 0 Å². The third-order valence-corrected chi connectivity index (χ3v) is 1.15. The highest BCUT2D eigenvalue weighted by atomic mass is 16.8. The Morgan fingerprint density at radius 3 is 3.56 bits per heavy atom. The van der Waals surface area contributed by atoms with Crippen molar-refractivity contribution < 1.29 is 4.94 Å². The van der Waals surface area contributed by atoms with E-state index in [1.165, 1.54) is 0 Å². The van der Waals surface area contributed by atoms with Crippen LogP contribution in [-0.4, -0.2) is 5.06 Å². The molecule has 0 atom stereocenters. The Morgan fingerprint density at radius 1 is 1.67 bits per heavy atom. The number of nitrogens with one attached hydrogen (secondary N) is 1. The molecule has 0 unspecified atom stereocenters. The molecular weight excluding hydrogens is 116 g/mol. The van der Waals surface area contributed by atoms with E-state index in [2.05, 4.69) is 11.6 Å². The van der Waals surface area contributed by atoms with E-state index in [-0.39, 0.29) is 0 Å². The van der Waals surface area contributed by atoms with E-state index < -0.39 is 0 Å². The summed E-state index contributed by atoms with van der Waals surface area (Å²) in [5.74, 6) is 0. The molecule has 2 aliphatic rings. The minimum atomic E-state index is 0.970. The van der Waals surface area contributed by atoms with Gasteiger partial charge < -0.3 is 0 Å². The molecule has 2 rings (SSSR count). The summed E-state index contributed by atoms with van der Waals surface area (Å²) >= 11 is 0. The first-order chi connectivity index (χ1) is 4.47. The fourth-order valence-corrected chi connectivity index (χ4v) is 0.726. The van der Waals surface area contributed by atoms with Crippen LogP contribution in [0.2, 0.25) is 0 Å². The van der Waals surface area contributed by atoms with Crippen molar-refractivity contribution in [1.29, 1.82) is 0 Å². The highest BCUT2D eigenvalue weighted by Crippen LogP contribution is 2.13. The van der Waals surface area contributed by atoms with Gasteiger partial charge in [0.2, 0.25) is 0 Å². The Balaban J connectivity index is 2.33. The standard InChI is InChI=1S/C6H5N2O/c1-2-4-8-6(3-1)5-7-9-8/h2-5,7H. The first-order valence-corrected chi connectivity index (χ1v) is 2.65. The largest absolute Gasteiger partial charge is 0.247 e. The van der Waals surface area contributed by atoms with Gasteiger partial charge in [0.1, 0.15) is 0 Å². The number of hydroxylamine groups is 3. The van der Waals surface area contributed by atoms with E-state index in [0.717, 1.165) is 5.70 Å². The Kier molecular flexibility index (Phi) is 0.841. The Morgan fingerprint density at radius 2 is 2.67 bits per heavy atom. The lowest BCUT2D eigenvalue weighted by atomic mass is 10.3. The predicted octanol–water partition coefficient (Wildman–Crippen LogP) is 0.466. The van der Waals surface area contributed by atoms with Crippen molar-refractivity contribution in [2.75, 3.05) is 0 Å². The van der Waals surface area contributed by atoms with E-state index in [0.29, 0.717) is 0 Å². The highest BCUT2D eigenvalue weighted by Gasteiger charge is 2.11. The molecule has 0 amide bonds. The van der Waals surface area contributed by atoms with Crippen LogP contribution in [0, 0.1) is 6.08 Å². The smallest absolute Gasteiger partial charge is 0.0900 e. The van der Waals surface area contributed by atoms with Crippen LogP contribution in [0.25, 0.3) is 0 Å². The Bertz CT molecular complexity index is 202. The fraction of sp³-hybridized carbons (Fsp3) is 0. The number of hydrogen-bond acceptors (Lipinski definition) is 3. The molecule has 0 aromatic rings. The molecule has 45 valence electrons. The normalized spacial score (nSPS) is 21.3. The molecule has 3 heteroatoms. The summed E-state index contributed by atoms with van der Waals surface area (Å²) in [6, 6.07) is 0. The van der Waals surface area contributed by atoms with Crippen LogP contribution in [-0.2, 0) is 4.94 Å². The molecule has 0 aromatic carbocycles. The summed E-state index contributed by atoms with van der Waals surface area (Å²) in [7, 11) is 0. The molecule has 0 bridgehead atoms. The van der Waals surface area contributed by atoms with E-state index in [1.807, 2.05) is 6.08 Å². The molecule has 0 aromatic heterocycles. The van der Waals surface area contributed by atoms with Crippen LogP contribution < -0.4 is 5.48 Å². The van der Waals surface area contributed by atoms with Gasteiger partial charge in [0.05, 0.1) is 11.9 Å². The minimum Gasteiger partial charge on any atom is -0.247 e. The van der Waals surface area contributed by atoms with Gasteiger partial charge in [0.15, 0.2) is 0 Å². The van der Waals surface area contributed by atoms with Crippen LogP contribution in [0.3, 0.4) is 0 Å². The quantitative estimate of drug-likeness (QED) is 0.504. The van der Waals surface area contributed by atoms with E-state index in [9.17, 15) is 0 Å². The average Bonchev–Trinajstić information content (AvgIpc) is 2.33. The lowest BCUT2D eigenvalue weighted by molar-refractivity contribution is -0.112. The Labute approximate surface area is 52.8 Å². The van der Waals surface area contributed by atoms with Crippen molar-refractivity contribution in [2.24, 2.45) is 0 Å².